The number of ether oxygens (including phenoxy) is 2. The molecule has 2 heterocycles. The smallest absolute Gasteiger partial charge is 0.339 e. The van der Waals surface area contributed by atoms with Gasteiger partial charge >= 0.3 is 5.97 Å². The Bertz CT molecular complexity index is 252. The first kappa shape index (κ1) is 6.61. The highest BCUT2D eigenvalue weighted by atomic mass is 16.6. The monoisotopic (exact) mass is 152 g/mol. The summed E-state index contributed by atoms with van der Waals surface area (Å²) in [4.78, 5) is 10.9. The van der Waals surface area contributed by atoms with Crippen LogP contribution < -0.4 is 0 Å². The van der Waals surface area contributed by atoms with Crippen LogP contribution in [0.4, 0.5) is 0 Å². The van der Waals surface area contributed by atoms with Crippen molar-refractivity contribution < 1.29 is 14.3 Å². The molecular formula is C8H8O3. The highest BCUT2D eigenvalue weighted by Crippen LogP contribution is 2.31. The number of hydrogen-bond donors (Lipinski definition) is 0. The molecule has 0 aromatic rings. The molecule has 0 aromatic heterocycles. The highest BCUT2D eigenvalue weighted by Gasteiger charge is 2.35. The number of esters is 1. The van der Waals surface area contributed by atoms with E-state index in [-0.39, 0.29) is 11.9 Å². The summed E-state index contributed by atoms with van der Waals surface area (Å²) < 4.78 is 10.1. The maximum Gasteiger partial charge on any atom is 0.339 e. The molecule has 1 unspecified atom stereocenters. The summed E-state index contributed by atoms with van der Waals surface area (Å²) in [6.07, 6.45) is 1.78. The van der Waals surface area contributed by atoms with Gasteiger partial charge in [0, 0.05) is 5.57 Å². The van der Waals surface area contributed by atoms with E-state index < -0.39 is 0 Å². The van der Waals surface area contributed by atoms with Gasteiger partial charge in [0.05, 0.1) is 19.1 Å². The number of carbonyl (C=O) groups is 1. The minimum Gasteiger partial charge on any atom is -0.427 e. The van der Waals surface area contributed by atoms with Crippen LogP contribution in [0.1, 0.15) is 0 Å². The van der Waals surface area contributed by atoms with Gasteiger partial charge in [-0.2, -0.15) is 0 Å². The second kappa shape index (κ2) is 2.20. The molecule has 1 atom stereocenters. The van der Waals surface area contributed by atoms with Crippen LogP contribution >= 0.6 is 0 Å². The average molecular weight is 152 g/mol. The van der Waals surface area contributed by atoms with E-state index in [4.69, 9.17) is 9.47 Å². The van der Waals surface area contributed by atoms with Gasteiger partial charge < -0.3 is 9.47 Å². The highest BCUT2D eigenvalue weighted by molar-refractivity contribution is 5.92. The zero-order valence-corrected chi connectivity index (χ0v) is 6.00. The summed E-state index contributed by atoms with van der Waals surface area (Å²) >= 11 is 0. The number of hydrogen-bond acceptors (Lipinski definition) is 3. The van der Waals surface area contributed by atoms with Gasteiger partial charge in [-0.3, -0.25) is 0 Å². The first-order valence-corrected chi connectivity index (χ1v) is 3.48. The minimum atomic E-state index is -0.313. The summed E-state index contributed by atoms with van der Waals surface area (Å²) in [5, 5.41) is 0. The third-order valence-electron chi connectivity index (χ3n) is 1.92. The molecule has 58 valence electrons. The molecule has 0 radical (unpaired) electrons. The molecule has 0 spiro atoms. The zero-order chi connectivity index (χ0) is 7.84. The topological polar surface area (TPSA) is 35.5 Å². The Kier molecular flexibility index (Phi) is 1.32. The van der Waals surface area contributed by atoms with Gasteiger partial charge in [0.15, 0.2) is 0 Å². The second-order valence-electron chi connectivity index (χ2n) is 2.61. The quantitative estimate of drug-likeness (QED) is 0.377. The molecule has 2 rings (SSSR count). The van der Waals surface area contributed by atoms with Crippen molar-refractivity contribution in [3.8, 4) is 0 Å². The fourth-order valence-electron chi connectivity index (χ4n) is 1.25. The van der Waals surface area contributed by atoms with Crippen LogP contribution in [0.3, 0.4) is 0 Å². The molecule has 1 saturated heterocycles. The first-order valence-electron chi connectivity index (χ1n) is 3.48. The summed E-state index contributed by atoms with van der Waals surface area (Å²) in [6.45, 7) is 4.68. The zero-order valence-electron chi connectivity index (χ0n) is 6.00. The van der Waals surface area contributed by atoms with Crippen molar-refractivity contribution in [2.75, 3.05) is 13.2 Å². The molecular weight excluding hydrogens is 144 g/mol. The lowest BCUT2D eigenvalue weighted by molar-refractivity contribution is -0.132. The van der Waals surface area contributed by atoms with Gasteiger partial charge in [-0.15, -0.1) is 0 Å². The van der Waals surface area contributed by atoms with Gasteiger partial charge in [0.1, 0.15) is 5.76 Å². The van der Waals surface area contributed by atoms with Gasteiger partial charge in [0.25, 0.3) is 0 Å². The van der Waals surface area contributed by atoms with Crippen LogP contribution in [0, 0.1) is 5.92 Å². The van der Waals surface area contributed by atoms with E-state index in [9.17, 15) is 4.79 Å². The fraction of sp³-hybridized carbons (Fsp3) is 0.375. The molecule has 0 bridgehead atoms. The first-order chi connectivity index (χ1) is 5.29. The van der Waals surface area contributed by atoms with Crippen molar-refractivity contribution in [2.24, 2.45) is 5.92 Å². The Balaban J connectivity index is 2.33. The van der Waals surface area contributed by atoms with Crippen molar-refractivity contribution in [1.82, 2.24) is 0 Å². The van der Waals surface area contributed by atoms with Crippen LogP contribution in [0.5, 0.6) is 0 Å². The Hall–Kier alpha value is -1.09. The molecule has 3 nitrogen and oxygen atoms in total. The molecule has 1 fully saturated rings. The average Bonchev–Trinajstić information content (AvgIpc) is 2.30. The lowest BCUT2D eigenvalue weighted by atomic mass is 10.0. The van der Waals surface area contributed by atoms with E-state index in [0.29, 0.717) is 24.5 Å². The van der Waals surface area contributed by atoms with Crippen molar-refractivity contribution in [3.63, 3.8) is 0 Å². The summed E-state index contributed by atoms with van der Waals surface area (Å²) in [7, 11) is 0. The normalized spacial score (nSPS) is 29.5. The van der Waals surface area contributed by atoms with E-state index in [1.165, 1.54) is 0 Å². The number of fused-ring (bicyclic) bond motifs is 1. The number of carbonyl (C=O) groups excluding carboxylic acids is 1. The Morgan fingerprint density at radius 1 is 1.64 bits per heavy atom. The molecule has 2 aliphatic heterocycles. The third kappa shape index (κ3) is 0.886. The molecule has 0 aromatic carbocycles. The predicted octanol–water partition coefficient (Wildman–Crippen LogP) is 0.630. The van der Waals surface area contributed by atoms with Crippen LogP contribution in [0.2, 0.25) is 0 Å². The molecule has 0 N–H and O–H groups in total. The van der Waals surface area contributed by atoms with Crippen molar-refractivity contribution in [1.29, 1.82) is 0 Å². The van der Waals surface area contributed by atoms with Crippen molar-refractivity contribution >= 4 is 5.97 Å². The second-order valence-corrected chi connectivity index (χ2v) is 2.61. The van der Waals surface area contributed by atoms with Crippen LogP contribution in [-0.4, -0.2) is 19.2 Å². The Morgan fingerprint density at radius 3 is 3.18 bits per heavy atom. The Labute approximate surface area is 64.3 Å². The molecule has 2 aliphatic rings. The SMILES string of the molecule is C=C1C(=O)OC2=CCOCC12. The summed E-state index contributed by atoms with van der Waals surface area (Å²) in [5.41, 5.74) is 0.510. The molecule has 3 heteroatoms. The van der Waals surface area contributed by atoms with E-state index in [2.05, 4.69) is 6.58 Å². The van der Waals surface area contributed by atoms with Crippen LogP contribution in [0.15, 0.2) is 24.0 Å². The lowest BCUT2D eigenvalue weighted by Crippen LogP contribution is -2.15. The largest absolute Gasteiger partial charge is 0.427 e. The third-order valence-corrected chi connectivity index (χ3v) is 1.92. The minimum absolute atomic E-state index is 0.0174. The van der Waals surface area contributed by atoms with E-state index in [1.54, 1.807) is 6.08 Å². The van der Waals surface area contributed by atoms with Crippen molar-refractivity contribution in [2.45, 2.75) is 0 Å². The summed E-state index contributed by atoms with van der Waals surface area (Å²) in [5.74, 6) is 0.384. The van der Waals surface area contributed by atoms with Crippen LogP contribution in [0.25, 0.3) is 0 Å². The lowest BCUT2D eigenvalue weighted by Gasteiger charge is -2.14. The van der Waals surface area contributed by atoms with Crippen LogP contribution in [-0.2, 0) is 14.3 Å². The number of rotatable bonds is 0. The van der Waals surface area contributed by atoms with E-state index in [0.717, 1.165) is 0 Å². The molecule has 11 heavy (non-hydrogen) atoms. The Morgan fingerprint density at radius 2 is 2.45 bits per heavy atom. The standard InChI is InChI=1S/C8H8O3/c1-5-6-4-10-3-2-7(6)11-8(5)9/h2,6H,1,3-4H2. The summed E-state index contributed by atoms with van der Waals surface area (Å²) in [6, 6.07) is 0. The maximum atomic E-state index is 10.9. The van der Waals surface area contributed by atoms with Gasteiger partial charge in [-0.05, 0) is 6.08 Å². The van der Waals surface area contributed by atoms with Crippen molar-refractivity contribution in [3.05, 3.63) is 24.0 Å². The van der Waals surface area contributed by atoms with E-state index in [1.807, 2.05) is 0 Å². The predicted molar refractivity (Wildman–Crippen MR) is 37.6 cm³/mol. The molecule has 0 aliphatic carbocycles. The molecule has 0 amide bonds. The van der Waals surface area contributed by atoms with Gasteiger partial charge in [-0.1, -0.05) is 6.58 Å². The maximum absolute atomic E-state index is 10.9. The van der Waals surface area contributed by atoms with Gasteiger partial charge in [0.2, 0.25) is 0 Å². The van der Waals surface area contributed by atoms with E-state index >= 15 is 0 Å². The fourth-order valence-corrected chi connectivity index (χ4v) is 1.25. The van der Waals surface area contributed by atoms with Gasteiger partial charge in [-0.25, -0.2) is 4.79 Å². The molecule has 0 saturated carbocycles.